The number of hydrogen-bond donors (Lipinski definition) is 1. The molecule has 0 atom stereocenters. The van der Waals surface area contributed by atoms with E-state index in [1.165, 1.54) is 4.68 Å². The Bertz CT molecular complexity index is 569. The lowest BCUT2D eigenvalue weighted by Crippen LogP contribution is -2.05. The number of aromatic nitrogens is 2. The number of aromatic carboxylic acids is 1. The van der Waals surface area contributed by atoms with Crippen molar-refractivity contribution in [3.8, 4) is 11.4 Å². The average molecular weight is 292 g/mol. The molecule has 0 spiro atoms. The van der Waals surface area contributed by atoms with E-state index in [2.05, 4.69) is 12.0 Å². The molecule has 2 aromatic rings. The van der Waals surface area contributed by atoms with Crippen molar-refractivity contribution in [2.75, 3.05) is 18.1 Å². The first-order valence-electron chi connectivity index (χ1n) is 6.31. The molecule has 20 heavy (non-hydrogen) atoms. The third-order valence-electron chi connectivity index (χ3n) is 2.59. The highest BCUT2D eigenvalue weighted by molar-refractivity contribution is 7.99. The van der Waals surface area contributed by atoms with Gasteiger partial charge in [0, 0.05) is 5.75 Å². The molecular weight excluding hydrogens is 276 g/mol. The molecule has 0 unspecified atom stereocenters. The Balaban J connectivity index is 2.18. The molecule has 0 aliphatic carbocycles. The minimum atomic E-state index is -1.09. The lowest BCUT2D eigenvalue weighted by molar-refractivity contribution is 0.0685. The van der Waals surface area contributed by atoms with Crippen LogP contribution in [0.25, 0.3) is 5.69 Å². The van der Waals surface area contributed by atoms with Crippen LogP contribution in [0, 0.1) is 0 Å². The summed E-state index contributed by atoms with van der Waals surface area (Å²) in [4.78, 5) is 11.2. The summed E-state index contributed by atoms with van der Waals surface area (Å²) in [6.45, 7) is 2.54. The second-order valence-corrected chi connectivity index (χ2v) is 5.37. The second-order valence-electron chi connectivity index (χ2n) is 3.97. The fourth-order valence-corrected chi connectivity index (χ4v) is 2.17. The number of carboxylic acids is 1. The minimum Gasteiger partial charge on any atom is -0.488 e. The predicted molar refractivity (Wildman–Crippen MR) is 79.0 cm³/mol. The second kappa shape index (κ2) is 7.00. The van der Waals surface area contributed by atoms with Crippen LogP contribution in [0.1, 0.15) is 17.4 Å². The molecular formula is C14H16N2O3S. The number of rotatable bonds is 7. The van der Waals surface area contributed by atoms with Crippen LogP contribution in [-0.4, -0.2) is 39.0 Å². The highest BCUT2D eigenvalue weighted by Crippen LogP contribution is 2.20. The highest BCUT2D eigenvalue weighted by atomic mass is 32.2. The normalized spacial score (nSPS) is 10.4. The lowest BCUT2D eigenvalue weighted by atomic mass is 10.3. The number of carboxylic acid groups (broad SMARTS) is 1. The molecule has 0 aliphatic heterocycles. The van der Waals surface area contributed by atoms with Crippen LogP contribution in [0.4, 0.5) is 0 Å². The van der Waals surface area contributed by atoms with Crippen molar-refractivity contribution in [2.24, 2.45) is 0 Å². The van der Waals surface area contributed by atoms with Crippen molar-refractivity contribution >= 4 is 17.7 Å². The predicted octanol–water partition coefficient (Wildman–Crippen LogP) is 2.70. The Morgan fingerprint density at radius 1 is 1.40 bits per heavy atom. The molecule has 6 heteroatoms. The summed E-state index contributed by atoms with van der Waals surface area (Å²) >= 11 is 1.75. The third-order valence-corrected chi connectivity index (χ3v) is 3.46. The fourth-order valence-electron chi connectivity index (χ4n) is 1.68. The SMILES string of the molecule is CCSCCOc1cn(-c2ccccc2)nc1C(=O)O. The largest absolute Gasteiger partial charge is 0.488 e. The van der Waals surface area contributed by atoms with E-state index in [4.69, 9.17) is 9.84 Å². The maximum Gasteiger partial charge on any atom is 0.360 e. The molecule has 1 aromatic carbocycles. The number of para-hydroxylation sites is 1. The molecule has 0 fully saturated rings. The summed E-state index contributed by atoms with van der Waals surface area (Å²) in [5.74, 6) is 1.06. The molecule has 0 amide bonds. The van der Waals surface area contributed by atoms with E-state index >= 15 is 0 Å². The number of benzene rings is 1. The van der Waals surface area contributed by atoms with Crippen LogP contribution in [0.2, 0.25) is 0 Å². The molecule has 0 saturated heterocycles. The summed E-state index contributed by atoms with van der Waals surface area (Å²) in [6.07, 6.45) is 1.61. The fraction of sp³-hybridized carbons (Fsp3) is 0.286. The van der Waals surface area contributed by atoms with Crippen LogP contribution in [0.3, 0.4) is 0 Å². The molecule has 0 bridgehead atoms. The Kier molecular flexibility index (Phi) is 5.06. The first-order chi connectivity index (χ1) is 9.72. The standard InChI is InChI=1S/C14H16N2O3S/c1-2-20-9-8-19-12-10-16(15-13(12)14(17)18)11-6-4-3-5-7-11/h3-7,10H,2,8-9H2,1H3,(H,17,18). The molecule has 0 radical (unpaired) electrons. The Labute approximate surface area is 121 Å². The summed E-state index contributed by atoms with van der Waals surface area (Å²) in [6, 6.07) is 9.35. The van der Waals surface area contributed by atoms with Gasteiger partial charge in [0.1, 0.15) is 0 Å². The lowest BCUT2D eigenvalue weighted by Gasteiger charge is -2.03. The number of thioether (sulfide) groups is 1. The van der Waals surface area contributed by atoms with Crippen molar-refractivity contribution in [3.05, 3.63) is 42.2 Å². The Morgan fingerprint density at radius 3 is 2.80 bits per heavy atom. The van der Waals surface area contributed by atoms with Gasteiger partial charge in [-0.05, 0) is 17.9 Å². The van der Waals surface area contributed by atoms with Crippen molar-refractivity contribution in [1.29, 1.82) is 0 Å². The van der Waals surface area contributed by atoms with Gasteiger partial charge < -0.3 is 9.84 Å². The van der Waals surface area contributed by atoms with Gasteiger partial charge in [-0.1, -0.05) is 25.1 Å². The average Bonchev–Trinajstić information content (AvgIpc) is 2.89. The molecule has 5 nitrogen and oxygen atoms in total. The number of hydrogen-bond acceptors (Lipinski definition) is 4. The van der Waals surface area contributed by atoms with Gasteiger partial charge in [-0.2, -0.15) is 16.9 Å². The number of nitrogens with zero attached hydrogens (tertiary/aromatic N) is 2. The van der Waals surface area contributed by atoms with E-state index in [1.54, 1.807) is 18.0 Å². The number of ether oxygens (including phenoxy) is 1. The maximum absolute atomic E-state index is 11.2. The molecule has 106 valence electrons. The van der Waals surface area contributed by atoms with Gasteiger partial charge in [-0.3, -0.25) is 0 Å². The Hall–Kier alpha value is -1.95. The Morgan fingerprint density at radius 2 is 2.15 bits per heavy atom. The molecule has 0 aliphatic rings. The zero-order valence-electron chi connectivity index (χ0n) is 11.2. The number of carbonyl (C=O) groups is 1. The summed E-state index contributed by atoms with van der Waals surface area (Å²) in [5.41, 5.74) is 0.739. The van der Waals surface area contributed by atoms with Gasteiger partial charge in [0.15, 0.2) is 5.75 Å². The van der Waals surface area contributed by atoms with Crippen molar-refractivity contribution in [3.63, 3.8) is 0 Å². The summed E-state index contributed by atoms with van der Waals surface area (Å²) in [5, 5.41) is 13.2. The smallest absolute Gasteiger partial charge is 0.360 e. The summed E-state index contributed by atoms with van der Waals surface area (Å²) < 4.78 is 7.04. The molecule has 1 aromatic heterocycles. The van der Waals surface area contributed by atoms with Crippen molar-refractivity contribution < 1.29 is 14.6 Å². The van der Waals surface area contributed by atoms with Gasteiger partial charge in [0.25, 0.3) is 0 Å². The topological polar surface area (TPSA) is 64.4 Å². The zero-order chi connectivity index (χ0) is 14.4. The van der Waals surface area contributed by atoms with Crippen LogP contribution in [0.15, 0.2) is 36.5 Å². The molecule has 0 saturated carbocycles. The third kappa shape index (κ3) is 3.54. The van der Waals surface area contributed by atoms with Crippen molar-refractivity contribution in [2.45, 2.75) is 6.92 Å². The van der Waals surface area contributed by atoms with E-state index in [9.17, 15) is 4.79 Å². The van der Waals surface area contributed by atoms with Crippen LogP contribution in [0.5, 0.6) is 5.75 Å². The quantitative estimate of drug-likeness (QED) is 0.795. The van der Waals surface area contributed by atoms with Crippen LogP contribution in [-0.2, 0) is 0 Å². The minimum absolute atomic E-state index is 0.0599. The van der Waals surface area contributed by atoms with E-state index < -0.39 is 5.97 Å². The van der Waals surface area contributed by atoms with Crippen molar-refractivity contribution in [1.82, 2.24) is 9.78 Å². The summed E-state index contributed by atoms with van der Waals surface area (Å²) in [7, 11) is 0. The first-order valence-corrected chi connectivity index (χ1v) is 7.46. The van der Waals surface area contributed by atoms with Gasteiger partial charge >= 0.3 is 5.97 Å². The van der Waals surface area contributed by atoms with Gasteiger partial charge in [0.05, 0.1) is 18.5 Å². The monoisotopic (exact) mass is 292 g/mol. The van der Waals surface area contributed by atoms with Gasteiger partial charge in [-0.25, -0.2) is 9.48 Å². The van der Waals surface area contributed by atoms with Gasteiger partial charge in [0.2, 0.25) is 5.69 Å². The molecule has 1 N–H and O–H groups in total. The van der Waals surface area contributed by atoms with E-state index in [-0.39, 0.29) is 5.69 Å². The van der Waals surface area contributed by atoms with Crippen LogP contribution < -0.4 is 4.74 Å². The van der Waals surface area contributed by atoms with E-state index in [0.29, 0.717) is 12.4 Å². The van der Waals surface area contributed by atoms with Gasteiger partial charge in [-0.15, -0.1) is 0 Å². The van der Waals surface area contributed by atoms with Crippen LogP contribution >= 0.6 is 11.8 Å². The van der Waals surface area contributed by atoms with E-state index in [1.807, 2.05) is 30.3 Å². The molecule has 2 rings (SSSR count). The highest BCUT2D eigenvalue weighted by Gasteiger charge is 2.17. The zero-order valence-corrected chi connectivity index (χ0v) is 12.0. The maximum atomic E-state index is 11.2. The molecule has 1 heterocycles. The first kappa shape index (κ1) is 14.5. The van der Waals surface area contributed by atoms with E-state index in [0.717, 1.165) is 17.2 Å².